The maximum absolute atomic E-state index is 6.13. The van der Waals surface area contributed by atoms with Gasteiger partial charge in [0.2, 0.25) is 0 Å². The summed E-state index contributed by atoms with van der Waals surface area (Å²) in [5.74, 6) is 0. The molecule has 0 aliphatic rings. The van der Waals surface area contributed by atoms with Gasteiger partial charge in [0.05, 0.1) is 5.38 Å². The Labute approximate surface area is 166 Å². The van der Waals surface area contributed by atoms with Crippen LogP contribution in [0.5, 0.6) is 0 Å². The first-order valence-electron chi connectivity index (χ1n) is 4.51. The Balaban J connectivity index is 4.58. The van der Waals surface area contributed by atoms with Gasteiger partial charge in [-0.05, 0) is 6.92 Å². The van der Waals surface area contributed by atoms with Crippen molar-refractivity contribution in [3.63, 3.8) is 0 Å². The van der Waals surface area contributed by atoms with Crippen LogP contribution in [0.15, 0.2) is 11.1 Å². The number of allylic oxidation sites excluding steroid dienone is 2. The zero-order valence-corrected chi connectivity index (χ0v) is 19.1. The number of halogens is 8. The molecule has 0 fully saturated rings. The second-order valence-corrected chi connectivity index (χ2v) is 10.6. The minimum absolute atomic E-state index is 0.0210. The third-order valence-electron chi connectivity index (χ3n) is 1.85. The molecule has 0 N–H and O–H groups in total. The fraction of sp³-hybridized carbons (Fsp3) is 0.778. The van der Waals surface area contributed by atoms with Gasteiger partial charge in [0.15, 0.2) is 0 Å². The maximum atomic E-state index is 6.13. The van der Waals surface area contributed by atoms with Crippen molar-refractivity contribution in [2.45, 2.75) is 34.6 Å². The Bertz CT molecular complexity index is 261. The zero-order chi connectivity index (χ0) is 13.7. The van der Waals surface area contributed by atoms with E-state index in [1.165, 1.54) is 0 Å². The van der Waals surface area contributed by atoms with Crippen molar-refractivity contribution in [1.82, 2.24) is 0 Å². The molecule has 0 bridgehead atoms. The molecule has 0 nitrogen and oxygen atoms in total. The van der Waals surface area contributed by atoms with Crippen LogP contribution in [0, 0.1) is 0 Å². The van der Waals surface area contributed by atoms with Crippen molar-refractivity contribution in [2.24, 2.45) is 0 Å². The van der Waals surface area contributed by atoms with E-state index >= 15 is 0 Å². The van der Waals surface area contributed by atoms with Gasteiger partial charge in [-0.1, -0.05) is 94.7 Å². The van der Waals surface area contributed by atoms with Gasteiger partial charge in [-0.3, -0.25) is 0 Å². The third kappa shape index (κ3) is 7.77. The highest BCUT2D eigenvalue weighted by Crippen LogP contribution is 2.35. The quantitative estimate of drug-likeness (QED) is 0.218. The van der Waals surface area contributed by atoms with E-state index in [-0.39, 0.29) is 15.0 Å². The number of rotatable bonds is 6. The summed E-state index contributed by atoms with van der Waals surface area (Å²) < 4.78 is 0.600. The van der Waals surface area contributed by atoms with Crippen molar-refractivity contribution in [1.29, 1.82) is 0 Å². The van der Waals surface area contributed by atoms with Crippen molar-refractivity contribution < 1.29 is 0 Å². The summed E-state index contributed by atoms with van der Waals surface area (Å²) in [4.78, 5) is -0.491. The van der Waals surface area contributed by atoms with E-state index in [1.54, 1.807) is 0 Å². The van der Waals surface area contributed by atoms with E-state index < -0.39 is 4.84 Å². The molecule has 0 rings (SSSR count). The Morgan fingerprint density at radius 1 is 1.12 bits per heavy atom. The first-order chi connectivity index (χ1) is 7.68. The standard InChI is InChI=1S/C9H10Br2Cl4I2/c1-3(12)2-4(16)8(17)6(11)5(10)7(13)9(14)15/h2,4-9H,1H3. The SMILES string of the molecule is CC(Cl)=CC(I)C(I)C(Br)C(Br)C(Cl)C(Cl)Cl. The molecule has 5 unspecified atom stereocenters. The van der Waals surface area contributed by atoms with E-state index in [2.05, 4.69) is 77.0 Å². The summed E-state index contributed by atoms with van der Waals surface area (Å²) in [6.07, 6.45) is 2.01. The molecule has 5 atom stereocenters. The molecule has 0 saturated heterocycles. The molecule has 0 aromatic heterocycles. The Kier molecular flexibility index (Phi) is 12.1. The zero-order valence-electron chi connectivity index (χ0n) is 8.57. The average Bonchev–Trinajstić information content (AvgIpc) is 2.23. The lowest BCUT2D eigenvalue weighted by Crippen LogP contribution is -2.37. The molecule has 0 saturated carbocycles. The van der Waals surface area contributed by atoms with Gasteiger partial charge >= 0.3 is 0 Å². The molecular formula is C9H10Br2Cl4I2. The summed E-state index contributed by atoms with van der Waals surface area (Å²) in [5.41, 5.74) is 0. The number of hydrogen-bond acceptors (Lipinski definition) is 0. The first-order valence-corrected chi connectivity index (χ1v) is 10.5. The largest absolute Gasteiger partial charge is 0.125 e. The lowest BCUT2D eigenvalue weighted by Gasteiger charge is -2.27. The molecule has 0 spiro atoms. The van der Waals surface area contributed by atoms with Crippen LogP contribution in [0.25, 0.3) is 0 Å². The first kappa shape index (κ1) is 20.3. The Morgan fingerprint density at radius 2 is 1.59 bits per heavy atom. The van der Waals surface area contributed by atoms with Crippen molar-refractivity contribution in [3.05, 3.63) is 11.1 Å². The smallest absolute Gasteiger partial charge is 0.119 e. The van der Waals surface area contributed by atoms with Crippen molar-refractivity contribution >= 4 is 123 Å². The van der Waals surface area contributed by atoms with Gasteiger partial charge in [0.1, 0.15) is 4.84 Å². The Morgan fingerprint density at radius 3 is 1.94 bits per heavy atom. The van der Waals surface area contributed by atoms with E-state index in [0.29, 0.717) is 7.85 Å². The van der Waals surface area contributed by atoms with E-state index in [0.717, 1.165) is 5.03 Å². The summed E-state index contributed by atoms with van der Waals surface area (Å²) in [6, 6.07) is 0. The molecule has 0 radical (unpaired) electrons. The molecule has 0 amide bonds. The van der Waals surface area contributed by atoms with Crippen LogP contribution in [-0.4, -0.2) is 27.7 Å². The number of hydrogen-bond donors (Lipinski definition) is 0. The molecule has 17 heavy (non-hydrogen) atoms. The molecule has 0 aliphatic carbocycles. The lowest BCUT2D eigenvalue weighted by molar-refractivity contribution is 0.762. The lowest BCUT2D eigenvalue weighted by atomic mass is 10.1. The second kappa shape index (κ2) is 10.1. The summed E-state index contributed by atoms with van der Waals surface area (Å²) in [5, 5.41) is 0.427. The molecule has 8 heteroatoms. The van der Waals surface area contributed by atoms with Crippen LogP contribution < -0.4 is 0 Å². The Hall–Kier alpha value is 3.32. The van der Waals surface area contributed by atoms with Gasteiger partial charge in [0.25, 0.3) is 0 Å². The van der Waals surface area contributed by atoms with Gasteiger partial charge in [-0.25, -0.2) is 0 Å². The van der Waals surface area contributed by atoms with Gasteiger partial charge in [-0.2, -0.15) is 0 Å². The van der Waals surface area contributed by atoms with E-state index in [9.17, 15) is 0 Å². The highest BCUT2D eigenvalue weighted by atomic mass is 127. The molecule has 0 aliphatic heterocycles. The molecule has 0 heterocycles. The van der Waals surface area contributed by atoms with Crippen LogP contribution >= 0.6 is 123 Å². The maximum Gasteiger partial charge on any atom is 0.125 e. The highest BCUT2D eigenvalue weighted by Gasteiger charge is 2.34. The summed E-state index contributed by atoms with van der Waals surface area (Å²) >= 11 is 35.4. The minimum Gasteiger partial charge on any atom is -0.119 e. The molecular weight excluding hydrogens is 664 g/mol. The van der Waals surface area contributed by atoms with Crippen molar-refractivity contribution in [3.8, 4) is 0 Å². The second-order valence-electron chi connectivity index (χ2n) is 3.31. The van der Waals surface area contributed by atoms with Crippen LogP contribution in [0.4, 0.5) is 0 Å². The van der Waals surface area contributed by atoms with Crippen LogP contribution in [-0.2, 0) is 0 Å². The number of alkyl halides is 7. The van der Waals surface area contributed by atoms with Crippen LogP contribution in [0.1, 0.15) is 6.92 Å². The van der Waals surface area contributed by atoms with Gasteiger partial charge < -0.3 is 0 Å². The highest BCUT2D eigenvalue weighted by molar-refractivity contribution is 14.1. The molecule has 0 aromatic rings. The fourth-order valence-electron chi connectivity index (χ4n) is 0.977. The monoisotopic (exact) mass is 670 g/mol. The topological polar surface area (TPSA) is 0 Å². The van der Waals surface area contributed by atoms with Crippen molar-refractivity contribution in [2.75, 3.05) is 0 Å². The fourth-order valence-corrected chi connectivity index (χ4v) is 6.40. The molecule has 102 valence electrons. The normalized spacial score (nSPS) is 22.1. The summed E-state index contributed by atoms with van der Waals surface area (Å²) in [7, 11) is 0. The average molecular weight is 674 g/mol. The van der Waals surface area contributed by atoms with Crippen LogP contribution in [0.3, 0.4) is 0 Å². The van der Waals surface area contributed by atoms with E-state index in [4.69, 9.17) is 46.4 Å². The summed E-state index contributed by atoms with van der Waals surface area (Å²) in [6.45, 7) is 1.86. The minimum atomic E-state index is -0.609. The van der Waals surface area contributed by atoms with Crippen LogP contribution in [0.2, 0.25) is 0 Å². The predicted octanol–water partition coefficient (Wildman–Crippen LogP) is 6.67. The van der Waals surface area contributed by atoms with E-state index in [1.807, 2.05) is 13.0 Å². The molecule has 0 aromatic carbocycles. The third-order valence-corrected chi connectivity index (χ3v) is 11.6. The van der Waals surface area contributed by atoms with Gasteiger partial charge in [0, 0.05) is 22.5 Å². The van der Waals surface area contributed by atoms with Gasteiger partial charge in [-0.15, -0.1) is 34.8 Å². The predicted molar refractivity (Wildman–Crippen MR) is 106 cm³/mol.